The summed E-state index contributed by atoms with van der Waals surface area (Å²) in [5.41, 5.74) is 1.92. The molecule has 1 aliphatic rings. The fraction of sp³-hybridized carbons (Fsp3) is 0. The van der Waals surface area contributed by atoms with Crippen LogP contribution in [0.25, 0.3) is 11.4 Å². The number of nitrogens with one attached hydrogen (secondary N) is 2. The lowest BCUT2D eigenvalue weighted by atomic mass is 9.90. The molecule has 2 aromatic heterocycles. The lowest BCUT2D eigenvalue weighted by Gasteiger charge is -2.11. The molecule has 6 nitrogen and oxygen atoms in total. The zero-order valence-corrected chi connectivity index (χ0v) is 10.2. The number of hydrogen-bond acceptors (Lipinski definition) is 4. The van der Waals surface area contributed by atoms with E-state index in [0.717, 1.165) is 0 Å². The van der Waals surface area contributed by atoms with Gasteiger partial charge in [0.25, 0.3) is 0 Å². The lowest BCUT2D eigenvalue weighted by molar-refractivity contribution is 0.0974. The smallest absolute Gasteiger partial charge is 0.214 e. The second-order valence-electron chi connectivity index (χ2n) is 4.50. The number of hydrogen-bond donors (Lipinski definition) is 2. The molecule has 0 fully saturated rings. The van der Waals surface area contributed by atoms with Gasteiger partial charge in [-0.25, -0.2) is 4.98 Å². The number of aromatic amines is 2. The summed E-state index contributed by atoms with van der Waals surface area (Å²) >= 11 is 0. The van der Waals surface area contributed by atoms with Gasteiger partial charge in [0, 0.05) is 17.3 Å². The summed E-state index contributed by atoms with van der Waals surface area (Å²) in [6.07, 6.45) is 3.22. The highest BCUT2D eigenvalue weighted by molar-refractivity contribution is 6.27. The van der Waals surface area contributed by atoms with Crippen LogP contribution in [0.15, 0.2) is 36.7 Å². The summed E-state index contributed by atoms with van der Waals surface area (Å²) < 4.78 is 0. The predicted octanol–water partition coefficient (Wildman–Crippen LogP) is 1.58. The zero-order chi connectivity index (χ0) is 13.7. The van der Waals surface area contributed by atoms with Gasteiger partial charge in [-0.2, -0.15) is 5.10 Å². The van der Waals surface area contributed by atoms with Crippen LogP contribution in [-0.4, -0.2) is 31.7 Å². The van der Waals surface area contributed by atoms with Crippen molar-refractivity contribution in [2.45, 2.75) is 0 Å². The van der Waals surface area contributed by atoms with Crippen LogP contribution in [0.1, 0.15) is 32.1 Å². The van der Waals surface area contributed by atoms with Gasteiger partial charge in [-0.15, -0.1) is 0 Å². The van der Waals surface area contributed by atoms with Gasteiger partial charge < -0.3 is 4.98 Å². The Bertz CT molecular complexity index is 793. The lowest BCUT2D eigenvalue weighted by Crippen LogP contribution is -2.20. The fourth-order valence-electron chi connectivity index (χ4n) is 2.36. The third kappa shape index (κ3) is 1.33. The molecule has 20 heavy (non-hydrogen) atoms. The number of ketones is 2. The molecule has 6 heteroatoms. The van der Waals surface area contributed by atoms with Gasteiger partial charge in [0.15, 0.2) is 0 Å². The minimum absolute atomic E-state index is 0.171. The minimum Gasteiger partial charge on any atom is -0.335 e. The van der Waals surface area contributed by atoms with E-state index in [9.17, 15) is 9.59 Å². The van der Waals surface area contributed by atoms with Gasteiger partial charge in [0.05, 0.1) is 11.8 Å². The molecule has 0 saturated carbocycles. The van der Waals surface area contributed by atoms with Crippen LogP contribution < -0.4 is 0 Å². The normalized spacial score (nSPS) is 13.2. The van der Waals surface area contributed by atoms with E-state index in [1.54, 1.807) is 36.7 Å². The summed E-state index contributed by atoms with van der Waals surface area (Å²) in [5, 5.41) is 6.50. The highest BCUT2D eigenvalue weighted by Gasteiger charge is 2.33. The molecule has 0 aliphatic heterocycles. The van der Waals surface area contributed by atoms with E-state index in [1.807, 2.05) is 0 Å². The summed E-state index contributed by atoms with van der Waals surface area (Å²) in [7, 11) is 0. The van der Waals surface area contributed by atoms with Gasteiger partial charge in [-0.05, 0) is 0 Å². The van der Waals surface area contributed by atoms with Crippen molar-refractivity contribution in [3.8, 4) is 11.4 Å². The summed E-state index contributed by atoms with van der Waals surface area (Å²) in [6, 6.07) is 6.77. The van der Waals surface area contributed by atoms with Gasteiger partial charge in [-0.1, -0.05) is 24.3 Å². The first kappa shape index (κ1) is 10.9. The fourth-order valence-corrected chi connectivity index (χ4v) is 2.36. The molecule has 0 amide bonds. The molecule has 96 valence electrons. The third-order valence-corrected chi connectivity index (χ3v) is 3.33. The number of rotatable bonds is 1. The largest absolute Gasteiger partial charge is 0.335 e. The monoisotopic (exact) mass is 264 g/mol. The van der Waals surface area contributed by atoms with E-state index in [-0.39, 0.29) is 23.0 Å². The van der Waals surface area contributed by atoms with Crippen LogP contribution in [-0.2, 0) is 0 Å². The molecule has 1 aliphatic carbocycles. The SMILES string of the molecule is O=C1c2ccccc2C(=O)c2[nH]c(-c3cn[nH]c3)nc21. The number of aromatic nitrogens is 4. The van der Waals surface area contributed by atoms with Crippen LogP contribution in [0, 0.1) is 0 Å². The molecule has 0 unspecified atom stereocenters. The summed E-state index contributed by atoms with van der Waals surface area (Å²) in [4.78, 5) is 31.9. The van der Waals surface area contributed by atoms with Crippen molar-refractivity contribution >= 4 is 11.6 Å². The molecular weight excluding hydrogens is 256 g/mol. The van der Waals surface area contributed by atoms with Crippen LogP contribution >= 0.6 is 0 Å². The Morgan fingerprint density at radius 2 is 1.75 bits per heavy atom. The van der Waals surface area contributed by atoms with E-state index < -0.39 is 0 Å². The minimum atomic E-state index is -0.235. The Morgan fingerprint density at radius 3 is 2.45 bits per heavy atom. The van der Waals surface area contributed by atoms with Crippen molar-refractivity contribution in [2.24, 2.45) is 0 Å². The molecule has 0 bridgehead atoms. The van der Waals surface area contributed by atoms with E-state index in [4.69, 9.17) is 0 Å². The van der Waals surface area contributed by atoms with Crippen LogP contribution in [0.2, 0.25) is 0 Å². The molecule has 0 spiro atoms. The summed E-state index contributed by atoms with van der Waals surface area (Å²) in [5.74, 6) is 0.0110. The Balaban J connectivity index is 1.94. The topological polar surface area (TPSA) is 91.5 Å². The zero-order valence-electron chi connectivity index (χ0n) is 10.2. The van der Waals surface area contributed by atoms with Crippen molar-refractivity contribution in [2.75, 3.05) is 0 Å². The molecule has 2 N–H and O–H groups in total. The maximum atomic E-state index is 12.4. The second-order valence-corrected chi connectivity index (χ2v) is 4.50. The average Bonchev–Trinajstić information content (AvgIpc) is 3.13. The van der Waals surface area contributed by atoms with Crippen LogP contribution in [0.3, 0.4) is 0 Å². The quantitative estimate of drug-likeness (QED) is 0.546. The van der Waals surface area contributed by atoms with Gasteiger partial charge in [0.1, 0.15) is 17.2 Å². The number of nitrogens with zero attached hydrogens (tertiary/aromatic N) is 2. The van der Waals surface area contributed by atoms with Crippen molar-refractivity contribution in [3.05, 3.63) is 59.2 Å². The molecule has 0 atom stereocenters. The number of carbonyl (C=O) groups is 2. The maximum absolute atomic E-state index is 12.4. The molecule has 2 heterocycles. The van der Waals surface area contributed by atoms with Gasteiger partial charge in [0.2, 0.25) is 11.6 Å². The third-order valence-electron chi connectivity index (χ3n) is 3.33. The van der Waals surface area contributed by atoms with Gasteiger partial charge >= 0.3 is 0 Å². The predicted molar refractivity (Wildman–Crippen MR) is 69.5 cm³/mol. The number of imidazole rings is 1. The van der Waals surface area contributed by atoms with Gasteiger partial charge in [-0.3, -0.25) is 14.7 Å². The van der Waals surface area contributed by atoms with Crippen LogP contribution in [0.4, 0.5) is 0 Å². The average molecular weight is 264 g/mol. The summed E-state index contributed by atoms with van der Waals surface area (Å²) in [6.45, 7) is 0. The van der Waals surface area contributed by atoms with E-state index in [1.165, 1.54) is 0 Å². The first-order valence-corrected chi connectivity index (χ1v) is 6.03. The molecule has 3 aromatic rings. The first-order chi connectivity index (χ1) is 9.75. The Morgan fingerprint density at radius 1 is 1.00 bits per heavy atom. The Labute approximate surface area is 112 Å². The molecule has 0 radical (unpaired) electrons. The molecular formula is C14H8N4O2. The van der Waals surface area contributed by atoms with Crippen LogP contribution in [0.5, 0.6) is 0 Å². The number of carbonyl (C=O) groups excluding carboxylic acids is 2. The Kier molecular flexibility index (Phi) is 2.03. The van der Waals surface area contributed by atoms with E-state index >= 15 is 0 Å². The molecule has 0 saturated heterocycles. The maximum Gasteiger partial charge on any atom is 0.214 e. The van der Waals surface area contributed by atoms with Crippen molar-refractivity contribution < 1.29 is 9.59 Å². The highest BCUT2D eigenvalue weighted by atomic mass is 16.1. The molecule has 4 rings (SSSR count). The number of benzene rings is 1. The standard InChI is InChI=1S/C14H8N4O2/c19-12-8-3-1-2-4-9(8)13(20)11-10(12)17-14(18-11)7-5-15-16-6-7/h1-6H,(H,15,16)(H,17,18). The van der Waals surface area contributed by atoms with Crippen molar-refractivity contribution in [3.63, 3.8) is 0 Å². The van der Waals surface area contributed by atoms with E-state index in [0.29, 0.717) is 22.5 Å². The van der Waals surface area contributed by atoms with Crippen molar-refractivity contribution in [1.82, 2.24) is 20.2 Å². The van der Waals surface area contributed by atoms with E-state index in [2.05, 4.69) is 20.2 Å². The van der Waals surface area contributed by atoms with Crippen molar-refractivity contribution in [1.29, 1.82) is 0 Å². The Hall–Kier alpha value is -3.02. The first-order valence-electron chi connectivity index (χ1n) is 6.03. The second kappa shape index (κ2) is 3.74. The number of H-pyrrole nitrogens is 2. The number of fused-ring (bicyclic) bond motifs is 2. The molecule has 1 aromatic carbocycles. The highest BCUT2D eigenvalue weighted by Crippen LogP contribution is 2.27.